The maximum Gasteiger partial charge on any atom is 0.329 e. The molecule has 0 saturated carbocycles. The van der Waals surface area contributed by atoms with E-state index in [2.05, 4.69) is 0 Å². The molecule has 20 heavy (non-hydrogen) atoms. The third-order valence-corrected chi connectivity index (χ3v) is 2.62. The third kappa shape index (κ3) is 3.66. The van der Waals surface area contributed by atoms with E-state index in [0.29, 0.717) is 0 Å². The number of halogens is 2. The van der Waals surface area contributed by atoms with Crippen molar-refractivity contribution < 1.29 is 28.2 Å². The predicted molar refractivity (Wildman–Crippen MR) is 67.0 cm³/mol. The van der Waals surface area contributed by atoms with Gasteiger partial charge in [-0.2, -0.15) is 0 Å². The standard InChI is InChI=1S/C13H15F2NO4/c1-13(2,15)10(12(18)19)16-11(17)7-4-5-9(20-3)8(14)6-7/h4-6,10H,1-3H3,(H,16,17)(H,18,19). The van der Waals surface area contributed by atoms with Gasteiger partial charge < -0.3 is 15.2 Å². The van der Waals surface area contributed by atoms with Gasteiger partial charge in [-0.3, -0.25) is 4.79 Å². The fraction of sp³-hybridized carbons (Fsp3) is 0.385. The molecule has 5 nitrogen and oxygen atoms in total. The molecule has 0 saturated heterocycles. The summed E-state index contributed by atoms with van der Waals surface area (Å²) in [6.07, 6.45) is 0. The summed E-state index contributed by atoms with van der Waals surface area (Å²) in [5.41, 5.74) is -2.29. The first-order valence-electron chi connectivity index (χ1n) is 5.73. The lowest BCUT2D eigenvalue weighted by Crippen LogP contribution is -2.51. The number of benzene rings is 1. The van der Waals surface area contributed by atoms with Gasteiger partial charge in [0.25, 0.3) is 5.91 Å². The number of alkyl halides is 1. The molecular formula is C13H15F2NO4. The van der Waals surface area contributed by atoms with Crippen molar-refractivity contribution in [2.75, 3.05) is 7.11 Å². The van der Waals surface area contributed by atoms with Crippen LogP contribution in [0.5, 0.6) is 5.75 Å². The summed E-state index contributed by atoms with van der Waals surface area (Å²) in [5, 5.41) is 10.9. The Balaban J connectivity index is 2.95. The van der Waals surface area contributed by atoms with E-state index in [0.717, 1.165) is 19.9 Å². The summed E-state index contributed by atoms with van der Waals surface area (Å²) in [7, 11) is 1.27. The van der Waals surface area contributed by atoms with Gasteiger partial charge in [0.05, 0.1) is 7.11 Å². The number of carboxylic acids is 1. The van der Waals surface area contributed by atoms with E-state index >= 15 is 0 Å². The highest BCUT2D eigenvalue weighted by Gasteiger charge is 2.36. The van der Waals surface area contributed by atoms with E-state index in [-0.39, 0.29) is 11.3 Å². The molecule has 0 radical (unpaired) electrons. The second-order valence-electron chi connectivity index (χ2n) is 4.66. The highest BCUT2D eigenvalue weighted by molar-refractivity contribution is 5.97. The summed E-state index contributed by atoms with van der Waals surface area (Å²) >= 11 is 0. The van der Waals surface area contributed by atoms with Crippen LogP contribution in [0.25, 0.3) is 0 Å². The van der Waals surface area contributed by atoms with E-state index in [1.807, 2.05) is 5.32 Å². The van der Waals surface area contributed by atoms with Crippen LogP contribution in [0.2, 0.25) is 0 Å². The quantitative estimate of drug-likeness (QED) is 0.865. The Morgan fingerprint density at radius 1 is 1.40 bits per heavy atom. The van der Waals surface area contributed by atoms with Gasteiger partial charge in [0.15, 0.2) is 17.6 Å². The zero-order chi connectivity index (χ0) is 15.5. The number of rotatable bonds is 5. The second kappa shape index (κ2) is 5.85. The smallest absolute Gasteiger partial charge is 0.329 e. The fourth-order valence-electron chi connectivity index (χ4n) is 1.55. The van der Waals surface area contributed by atoms with Crippen LogP contribution >= 0.6 is 0 Å². The van der Waals surface area contributed by atoms with E-state index in [4.69, 9.17) is 9.84 Å². The molecule has 1 atom stereocenters. The Labute approximate surface area is 114 Å². The van der Waals surface area contributed by atoms with E-state index in [9.17, 15) is 18.4 Å². The van der Waals surface area contributed by atoms with Crippen molar-refractivity contribution in [3.63, 3.8) is 0 Å². The highest BCUT2D eigenvalue weighted by Crippen LogP contribution is 2.19. The zero-order valence-corrected chi connectivity index (χ0v) is 11.2. The first-order valence-corrected chi connectivity index (χ1v) is 5.73. The van der Waals surface area contributed by atoms with Gasteiger partial charge in [-0.15, -0.1) is 0 Å². The first kappa shape index (κ1) is 15.9. The largest absolute Gasteiger partial charge is 0.494 e. The van der Waals surface area contributed by atoms with Crippen LogP contribution in [-0.4, -0.2) is 35.8 Å². The van der Waals surface area contributed by atoms with Gasteiger partial charge >= 0.3 is 5.97 Å². The normalized spacial score (nSPS) is 12.7. The number of hydrogen-bond acceptors (Lipinski definition) is 3. The minimum atomic E-state index is -2.16. The molecule has 0 fully saturated rings. The van der Waals surface area contributed by atoms with Crippen molar-refractivity contribution >= 4 is 11.9 Å². The van der Waals surface area contributed by atoms with Crippen molar-refractivity contribution in [1.29, 1.82) is 0 Å². The molecule has 0 heterocycles. The van der Waals surface area contributed by atoms with Crippen molar-refractivity contribution in [3.05, 3.63) is 29.6 Å². The summed E-state index contributed by atoms with van der Waals surface area (Å²) in [4.78, 5) is 22.7. The summed E-state index contributed by atoms with van der Waals surface area (Å²) in [5.74, 6) is -3.22. The van der Waals surface area contributed by atoms with E-state index in [1.54, 1.807) is 0 Å². The lowest BCUT2D eigenvalue weighted by molar-refractivity contribution is -0.142. The number of aliphatic carboxylic acids is 1. The second-order valence-corrected chi connectivity index (χ2v) is 4.66. The average molecular weight is 287 g/mol. The molecule has 2 N–H and O–H groups in total. The van der Waals surface area contributed by atoms with Crippen LogP contribution in [0.3, 0.4) is 0 Å². The Hall–Kier alpha value is -2.18. The number of nitrogens with one attached hydrogen (secondary N) is 1. The Kier molecular flexibility index (Phi) is 4.65. The van der Waals surface area contributed by atoms with Gasteiger partial charge in [-0.25, -0.2) is 13.6 Å². The lowest BCUT2D eigenvalue weighted by Gasteiger charge is -2.24. The number of ether oxygens (including phenoxy) is 1. The number of amides is 1. The summed E-state index contributed by atoms with van der Waals surface area (Å²) in [6, 6.07) is 1.63. The van der Waals surface area contributed by atoms with Gasteiger partial charge in [0.1, 0.15) is 5.67 Å². The molecule has 0 aromatic heterocycles. The molecule has 0 aliphatic heterocycles. The third-order valence-electron chi connectivity index (χ3n) is 2.62. The lowest BCUT2D eigenvalue weighted by atomic mass is 10.0. The molecule has 0 spiro atoms. The van der Waals surface area contributed by atoms with Crippen molar-refractivity contribution in [2.45, 2.75) is 25.6 Å². The number of carbonyl (C=O) groups excluding carboxylic acids is 1. The molecule has 1 amide bonds. The van der Waals surface area contributed by atoms with E-state index < -0.39 is 29.4 Å². The average Bonchev–Trinajstić information content (AvgIpc) is 2.33. The molecule has 1 aromatic carbocycles. The number of carboxylic acid groups (broad SMARTS) is 1. The number of methoxy groups -OCH3 is 1. The minimum Gasteiger partial charge on any atom is -0.494 e. The molecular weight excluding hydrogens is 272 g/mol. The van der Waals surface area contributed by atoms with Crippen molar-refractivity contribution in [2.24, 2.45) is 0 Å². The molecule has 0 aliphatic carbocycles. The molecule has 0 aliphatic rings. The molecule has 7 heteroatoms. The molecule has 1 rings (SSSR count). The van der Waals surface area contributed by atoms with Crippen LogP contribution < -0.4 is 10.1 Å². The predicted octanol–water partition coefficient (Wildman–Crippen LogP) is 1.77. The number of hydrogen-bond donors (Lipinski definition) is 2. The van der Waals surface area contributed by atoms with Crippen LogP contribution in [-0.2, 0) is 4.79 Å². The minimum absolute atomic E-state index is 0.0536. The van der Waals surface area contributed by atoms with Gasteiger partial charge in [-0.1, -0.05) is 0 Å². The Morgan fingerprint density at radius 3 is 2.40 bits per heavy atom. The zero-order valence-electron chi connectivity index (χ0n) is 11.2. The Bertz CT molecular complexity index is 526. The molecule has 1 aromatic rings. The fourth-order valence-corrected chi connectivity index (χ4v) is 1.55. The SMILES string of the molecule is COc1ccc(C(=O)NC(C(=O)O)C(C)(C)F)cc1F. The van der Waals surface area contributed by atoms with Crippen LogP contribution in [0.4, 0.5) is 8.78 Å². The topological polar surface area (TPSA) is 75.6 Å². The van der Waals surface area contributed by atoms with Crippen molar-refractivity contribution in [1.82, 2.24) is 5.32 Å². The Morgan fingerprint density at radius 2 is 2.00 bits per heavy atom. The van der Waals surface area contributed by atoms with Gasteiger partial charge in [0.2, 0.25) is 0 Å². The maximum absolute atomic E-state index is 13.7. The number of carbonyl (C=O) groups is 2. The summed E-state index contributed by atoms with van der Waals surface area (Å²) in [6.45, 7) is 2.06. The van der Waals surface area contributed by atoms with Crippen molar-refractivity contribution in [3.8, 4) is 5.75 Å². The maximum atomic E-state index is 13.7. The molecule has 0 bridgehead atoms. The van der Waals surface area contributed by atoms with Gasteiger partial charge in [-0.05, 0) is 32.0 Å². The van der Waals surface area contributed by atoms with Crippen LogP contribution in [0.1, 0.15) is 24.2 Å². The van der Waals surface area contributed by atoms with Crippen LogP contribution in [0.15, 0.2) is 18.2 Å². The molecule has 1 unspecified atom stereocenters. The summed E-state index contributed by atoms with van der Waals surface area (Å²) < 4.78 is 31.8. The highest BCUT2D eigenvalue weighted by atomic mass is 19.1. The monoisotopic (exact) mass is 287 g/mol. The van der Waals surface area contributed by atoms with Crippen LogP contribution in [0, 0.1) is 5.82 Å². The van der Waals surface area contributed by atoms with E-state index in [1.165, 1.54) is 19.2 Å². The van der Waals surface area contributed by atoms with Gasteiger partial charge in [0, 0.05) is 5.56 Å². The first-order chi connectivity index (χ1) is 9.16. The molecule has 110 valence electrons.